The Hall–Kier alpha value is -1.08. The van der Waals surface area contributed by atoms with E-state index in [9.17, 15) is 8.42 Å². The van der Waals surface area contributed by atoms with Crippen molar-refractivity contribution in [2.45, 2.75) is 26.2 Å². The summed E-state index contributed by atoms with van der Waals surface area (Å²) in [4.78, 5) is 0. The molecule has 0 unspecified atom stereocenters. The first-order chi connectivity index (χ1) is 7.98. The molecular formula is C10H19N4O2S+. The molecule has 6 nitrogen and oxygen atoms in total. The Bertz CT molecular complexity index is 519. The fourth-order valence-corrected chi connectivity index (χ4v) is 3.15. The van der Waals surface area contributed by atoms with E-state index in [1.807, 2.05) is 6.92 Å². The van der Waals surface area contributed by atoms with Gasteiger partial charge in [-0.15, -0.1) is 13.5 Å². The number of aromatic amines is 1. The largest absolute Gasteiger partial charge is 0.469 e. The molecule has 1 heterocycles. The van der Waals surface area contributed by atoms with Crippen LogP contribution in [0.2, 0.25) is 0 Å². The zero-order chi connectivity index (χ0) is 12.6. The standard InChI is InChI=1S/C10H18N4O2S/c1-4-11-10-8-6-5-7-9(8)14(12-10)17(15,16)13(2)3/h4-7H2,1-3H3,(H,11,12)/p+1. The Kier molecular flexibility index (Phi) is 3.13. The minimum absolute atomic E-state index is 0.773. The van der Waals surface area contributed by atoms with Crippen molar-refractivity contribution < 1.29 is 12.5 Å². The normalized spacial score (nSPS) is 15.3. The third kappa shape index (κ3) is 1.93. The van der Waals surface area contributed by atoms with Gasteiger partial charge in [0.1, 0.15) is 0 Å². The van der Waals surface area contributed by atoms with Crippen molar-refractivity contribution in [3.05, 3.63) is 11.3 Å². The maximum absolute atomic E-state index is 12.1. The van der Waals surface area contributed by atoms with Gasteiger partial charge in [-0.3, -0.25) is 0 Å². The summed E-state index contributed by atoms with van der Waals surface area (Å²) in [5, 5.41) is 6.13. The number of aromatic nitrogens is 2. The van der Waals surface area contributed by atoms with Crippen LogP contribution in [0.15, 0.2) is 0 Å². The third-order valence-electron chi connectivity index (χ3n) is 2.99. The molecule has 0 aromatic carbocycles. The Morgan fingerprint density at radius 2 is 2.12 bits per heavy atom. The molecule has 0 spiro atoms. The minimum atomic E-state index is -3.45. The van der Waals surface area contributed by atoms with E-state index in [0.29, 0.717) is 0 Å². The molecule has 0 amide bonds. The Balaban J connectivity index is 2.53. The van der Waals surface area contributed by atoms with Gasteiger partial charge < -0.3 is 5.32 Å². The highest BCUT2D eigenvalue weighted by Crippen LogP contribution is 2.25. The molecule has 1 aliphatic rings. The highest BCUT2D eigenvalue weighted by Gasteiger charge is 2.38. The van der Waals surface area contributed by atoms with Gasteiger partial charge in [0.25, 0.3) is 0 Å². The molecule has 0 saturated heterocycles. The van der Waals surface area contributed by atoms with Gasteiger partial charge in [0.15, 0.2) is 5.82 Å². The van der Waals surface area contributed by atoms with E-state index in [-0.39, 0.29) is 0 Å². The lowest BCUT2D eigenvalue weighted by atomic mass is 10.2. The first-order valence-corrected chi connectivity index (χ1v) is 7.20. The van der Waals surface area contributed by atoms with Gasteiger partial charge in [-0.2, -0.15) is 4.31 Å². The van der Waals surface area contributed by atoms with Crippen LogP contribution in [0, 0.1) is 0 Å². The van der Waals surface area contributed by atoms with E-state index < -0.39 is 10.2 Å². The molecule has 1 aromatic heterocycles. The highest BCUT2D eigenvalue weighted by atomic mass is 32.2. The van der Waals surface area contributed by atoms with Crippen LogP contribution >= 0.6 is 0 Å². The van der Waals surface area contributed by atoms with Gasteiger partial charge in [-0.05, 0) is 19.8 Å². The molecule has 0 atom stereocenters. The Labute approximate surface area is 102 Å². The second-order valence-electron chi connectivity index (χ2n) is 4.35. The summed E-state index contributed by atoms with van der Waals surface area (Å²) < 4.78 is 26.8. The molecule has 1 aliphatic carbocycles. The monoisotopic (exact) mass is 259 g/mol. The number of nitrogens with one attached hydrogen (secondary N) is 2. The van der Waals surface area contributed by atoms with Gasteiger partial charge >= 0.3 is 10.2 Å². The molecule has 0 radical (unpaired) electrons. The molecule has 1 aromatic rings. The van der Waals surface area contributed by atoms with E-state index in [2.05, 4.69) is 10.4 Å². The van der Waals surface area contributed by atoms with Gasteiger partial charge in [0.05, 0.1) is 5.56 Å². The average molecular weight is 259 g/mol. The maximum Gasteiger partial charge on any atom is 0.469 e. The molecule has 0 aliphatic heterocycles. The van der Waals surface area contributed by atoms with E-state index in [1.165, 1.54) is 22.5 Å². The van der Waals surface area contributed by atoms with Crippen molar-refractivity contribution in [3.8, 4) is 0 Å². The summed E-state index contributed by atoms with van der Waals surface area (Å²) in [5.41, 5.74) is 1.99. The second kappa shape index (κ2) is 4.30. The predicted octanol–water partition coefficient (Wildman–Crippen LogP) is -0.123. The van der Waals surface area contributed by atoms with Crippen molar-refractivity contribution in [1.29, 1.82) is 0 Å². The van der Waals surface area contributed by atoms with Crippen molar-refractivity contribution in [3.63, 3.8) is 0 Å². The van der Waals surface area contributed by atoms with E-state index in [4.69, 9.17) is 0 Å². The summed E-state index contributed by atoms with van der Waals surface area (Å²) in [6, 6.07) is 0. The number of hydrogen-bond donors (Lipinski definition) is 2. The van der Waals surface area contributed by atoms with Crippen LogP contribution in [-0.4, -0.2) is 38.5 Å². The molecule has 2 rings (SSSR count). The van der Waals surface area contributed by atoms with Gasteiger partial charge in [-0.25, -0.2) is 0 Å². The van der Waals surface area contributed by atoms with Crippen molar-refractivity contribution in [2.75, 3.05) is 26.0 Å². The second-order valence-corrected chi connectivity index (χ2v) is 6.34. The molecular weight excluding hydrogens is 240 g/mol. The number of anilines is 1. The average Bonchev–Trinajstić information content (AvgIpc) is 2.81. The zero-order valence-electron chi connectivity index (χ0n) is 10.4. The van der Waals surface area contributed by atoms with Crippen molar-refractivity contribution in [1.82, 2.24) is 9.40 Å². The van der Waals surface area contributed by atoms with Gasteiger partial charge in [0, 0.05) is 31.1 Å². The van der Waals surface area contributed by atoms with E-state index in [0.717, 1.165) is 42.9 Å². The van der Waals surface area contributed by atoms with Crippen LogP contribution in [0.25, 0.3) is 0 Å². The number of nitrogens with zero attached hydrogens (tertiary/aromatic N) is 2. The summed E-state index contributed by atoms with van der Waals surface area (Å²) in [6.45, 7) is 2.77. The summed E-state index contributed by atoms with van der Waals surface area (Å²) in [7, 11) is -0.367. The lowest BCUT2D eigenvalue weighted by Crippen LogP contribution is -2.53. The molecule has 96 valence electrons. The quantitative estimate of drug-likeness (QED) is 0.741. The molecule has 7 heteroatoms. The van der Waals surface area contributed by atoms with Crippen LogP contribution < -0.4 is 9.40 Å². The summed E-state index contributed by atoms with van der Waals surface area (Å²) in [5.74, 6) is 0.838. The number of fused-ring (bicyclic) bond motifs is 1. The Morgan fingerprint density at radius 1 is 1.41 bits per heavy atom. The zero-order valence-corrected chi connectivity index (χ0v) is 11.3. The molecule has 0 saturated carbocycles. The fourth-order valence-electron chi connectivity index (χ4n) is 2.14. The fraction of sp³-hybridized carbons (Fsp3) is 0.700. The summed E-state index contributed by atoms with van der Waals surface area (Å²) in [6.07, 6.45) is 2.76. The van der Waals surface area contributed by atoms with Crippen LogP contribution in [0.1, 0.15) is 24.6 Å². The first-order valence-electron chi connectivity index (χ1n) is 5.81. The van der Waals surface area contributed by atoms with Gasteiger partial charge in [0.2, 0.25) is 5.69 Å². The number of H-pyrrole nitrogens is 1. The summed E-state index contributed by atoms with van der Waals surface area (Å²) >= 11 is 0. The smallest absolute Gasteiger partial charge is 0.367 e. The van der Waals surface area contributed by atoms with Crippen LogP contribution in [0.3, 0.4) is 0 Å². The number of hydrogen-bond acceptors (Lipinski definition) is 3. The van der Waals surface area contributed by atoms with Gasteiger partial charge in [-0.1, -0.05) is 0 Å². The van der Waals surface area contributed by atoms with Crippen molar-refractivity contribution >= 4 is 16.0 Å². The lowest BCUT2D eigenvalue weighted by molar-refractivity contribution is -0.586. The number of rotatable bonds is 4. The topological polar surface area (TPSA) is 69.1 Å². The van der Waals surface area contributed by atoms with E-state index in [1.54, 1.807) is 0 Å². The molecule has 17 heavy (non-hydrogen) atoms. The van der Waals surface area contributed by atoms with Crippen LogP contribution in [-0.2, 0) is 23.1 Å². The lowest BCUT2D eigenvalue weighted by Gasteiger charge is -2.04. The van der Waals surface area contributed by atoms with Crippen molar-refractivity contribution in [2.24, 2.45) is 0 Å². The highest BCUT2D eigenvalue weighted by molar-refractivity contribution is 7.82. The van der Waals surface area contributed by atoms with Crippen LogP contribution in [0.4, 0.5) is 5.82 Å². The first kappa shape index (κ1) is 12.4. The Morgan fingerprint density at radius 3 is 2.71 bits per heavy atom. The third-order valence-corrected chi connectivity index (χ3v) is 4.69. The van der Waals surface area contributed by atoms with Crippen LogP contribution in [0.5, 0.6) is 0 Å². The van der Waals surface area contributed by atoms with E-state index >= 15 is 0 Å². The minimum Gasteiger partial charge on any atom is -0.367 e. The maximum atomic E-state index is 12.1. The predicted molar refractivity (Wildman–Crippen MR) is 65.2 cm³/mol. The molecule has 2 N–H and O–H groups in total. The SMILES string of the molecule is CCNc1[nH][n+](S(=O)(=O)N(C)C)c2c1CCC2. The molecule has 0 bridgehead atoms. The molecule has 0 fully saturated rings.